The van der Waals surface area contributed by atoms with Crippen LogP contribution in [0.2, 0.25) is 0 Å². The van der Waals surface area contributed by atoms with Crippen molar-refractivity contribution in [2.24, 2.45) is 11.7 Å². The summed E-state index contributed by atoms with van der Waals surface area (Å²) in [4.78, 5) is 17.1. The first-order valence-corrected chi connectivity index (χ1v) is 9.94. The predicted molar refractivity (Wildman–Crippen MR) is 104 cm³/mol. The minimum Gasteiger partial charge on any atom is -0.373 e. The first kappa shape index (κ1) is 19.3. The van der Waals surface area contributed by atoms with Crippen LogP contribution in [0.1, 0.15) is 49.5 Å². The van der Waals surface area contributed by atoms with Gasteiger partial charge in [-0.05, 0) is 57.2 Å². The third-order valence-electron chi connectivity index (χ3n) is 5.67. The van der Waals surface area contributed by atoms with Gasteiger partial charge in [0.15, 0.2) is 0 Å². The Morgan fingerprint density at radius 1 is 1.15 bits per heavy atom. The van der Waals surface area contributed by atoms with Crippen LogP contribution in [-0.2, 0) is 11.3 Å². The van der Waals surface area contributed by atoms with Crippen LogP contribution in [0.25, 0.3) is 0 Å². The Hall–Kier alpha value is -1.43. The molecule has 0 spiro atoms. The summed E-state index contributed by atoms with van der Waals surface area (Å²) in [6.07, 6.45) is 2.57. The van der Waals surface area contributed by atoms with Gasteiger partial charge in [0, 0.05) is 44.3 Å². The molecule has 1 aromatic carbocycles. The van der Waals surface area contributed by atoms with Crippen LogP contribution in [-0.4, -0.2) is 60.1 Å². The van der Waals surface area contributed by atoms with E-state index in [0.29, 0.717) is 5.92 Å². The van der Waals surface area contributed by atoms with Crippen LogP contribution in [0.15, 0.2) is 24.3 Å². The molecule has 2 fully saturated rings. The second kappa shape index (κ2) is 8.51. The Bertz CT molecular complexity index is 584. The van der Waals surface area contributed by atoms with E-state index >= 15 is 0 Å². The second-order valence-electron chi connectivity index (χ2n) is 8.14. The van der Waals surface area contributed by atoms with Crippen LogP contribution < -0.4 is 5.73 Å². The first-order chi connectivity index (χ1) is 12.4. The molecule has 26 heavy (non-hydrogen) atoms. The van der Waals surface area contributed by atoms with E-state index in [4.69, 9.17) is 10.5 Å². The van der Waals surface area contributed by atoms with Crippen molar-refractivity contribution in [1.82, 2.24) is 9.80 Å². The molecule has 3 rings (SSSR count). The van der Waals surface area contributed by atoms with Crippen LogP contribution in [0.4, 0.5) is 0 Å². The quantitative estimate of drug-likeness (QED) is 0.897. The number of piperidine rings is 1. The van der Waals surface area contributed by atoms with Gasteiger partial charge in [0.25, 0.3) is 5.91 Å². The second-order valence-corrected chi connectivity index (χ2v) is 8.14. The molecule has 0 aromatic heterocycles. The number of carbonyl (C=O) groups is 1. The van der Waals surface area contributed by atoms with E-state index in [2.05, 4.69) is 37.8 Å². The molecule has 1 aromatic rings. The fraction of sp³-hybridized carbons (Fsp3) is 0.667. The van der Waals surface area contributed by atoms with Crippen molar-refractivity contribution >= 4 is 5.91 Å². The van der Waals surface area contributed by atoms with Crippen molar-refractivity contribution in [2.75, 3.05) is 26.2 Å². The van der Waals surface area contributed by atoms with E-state index in [1.807, 2.05) is 17.0 Å². The van der Waals surface area contributed by atoms with E-state index in [1.165, 1.54) is 5.56 Å². The molecule has 2 heterocycles. The third kappa shape index (κ3) is 4.84. The fourth-order valence-electron chi connectivity index (χ4n) is 4.24. The van der Waals surface area contributed by atoms with E-state index in [1.54, 1.807) is 0 Å². The van der Waals surface area contributed by atoms with Crippen molar-refractivity contribution in [3.05, 3.63) is 35.4 Å². The molecule has 1 amide bonds. The fourth-order valence-corrected chi connectivity index (χ4v) is 4.24. The molecule has 2 saturated heterocycles. The van der Waals surface area contributed by atoms with Gasteiger partial charge in [0.05, 0.1) is 12.2 Å². The molecule has 5 nitrogen and oxygen atoms in total. The number of carbonyl (C=O) groups excluding carboxylic acids is 1. The zero-order chi connectivity index (χ0) is 18.7. The van der Waals surface area contributed by atoms with Gasteiger partial charge in [0.1, 0.15) is 0 Å². The number of benzene rings is 1. The number of nitrogens with two attached hydrogens (primary N) is 1. The van der Waals surface area contributed by atoms with Crippen LogP contribution >= 0.6 is 0 Å². The van der Waals surface area contributed by atoms with Crippen molar-refractivity contribution in [3.63, 3.8) is 0 Å². The lowest BCUT2D eigenvalue weighted by Gasteiger charge is -2.35. The molecule has 0 aliphatic carbocycles. The zero-order valence-electron chi connectivity index (χ0n) is 16.4. The molecule has 0 bridgehead atoms. The maximum Gasteiger partial charge on any atom is 0.253 e. The Kier molecular flexibility index (Phi) is 6.33. The summed E-state index contributed by atoms with van der Waals surface area (Å²) in [6, 6.07) is 8.35. The Balaban J connectivity index is 1.55. The molecular formula is C21H33N3O2. The van der Waals surface area contributed by atoms with Gasteiger partial charge >= 0.3 is 0 Å². The number of hydrogen-bond donors (Lipinski definition) is 1. The highest BCUT2D eigenvalue weighted by atomic mass is 16.5. The topological polar surface area (TPSA) is 58.8 Å². The summed E-state index contributed by atoms with van der Waals surface area (Å²) < 4.78 is 5.79. The average Bonchev–Trinajstić information content (AvgIpc) is 2.61. The maximum atomic E-state index is 12.7. The number of amides is 1. The van der Waals surface area contributed by atoms with Gasteiger partial charge in [-0.2, -0.15) is 0 Å². The van der Waals surface area contributed by atoms with E-state index < -0.39 is 0 Å². The summed E-state index contributed by atoms with van der Waals surface area (Å²) in [7, 11) is 0. The highest BCUT2D eigenvalue weighted by Crippen LogP contribution is 2.21. The van der Waals surface area contributed by atoms with Gasteiger partial charge < -0.3 is 15.4 Å². The highest BCUT2D eigenvalue weighted by molar-refractivity contribution is 5.94. The van der Waals surface area contributed by atoms with Gasteiger partial charge in [0.2, 0.25) is 0 Å². The van der Waals surface area contributed by atoms with E-state index in [0.717, 1.165) is 51.1 Å². The van der Waals surface area contributed by atoms with Crippen molar-refractivity contribution in [3.8, 4) is 0 Å². The largest absolute Gasteiger partial charge is 0.373 e. The summed E-state index contributed by atoms with van der Waals surface area (Å²) >= 11 is 0. The standard InChI is InChI=1S/C21H33N3O2/c1-15-12-23(13-16(2)26-15)14-18-4-6-20(7-5-18)21(25)24-10-8-19(9-11-24)17(3)22/h4-7,15-17,19H,8-14,22H2,1-3H3. The molecule has 5 heteroatoms. The monoisotopic (exact) mass is 359 g/mol. The first-order valence-electron chi connectivity index (χ1n) is 9.94. The number of nitrogens with zero attached hydrogens (tertiary/aromatic N) is 2. The summed E-state index contributed by atoms with van der Waals surface area (Å²) in [5.74, 6) is 0.688. The minimum absolute atomic E-state index is 0.147. The van der Waals surface area contributed by atoms with Gasteiger partial charge in [-0.1, -0.05) is 12.1 Å². The molecule has 3 atom stereocenters. The van der Waals surface area contributed by atoms with E-state index in [-0.39, 0.29) is 24.2 Å². The maximum absolute atomic E-state index is 12.7. The van der Waals surface area contributed by atoms with Crippen LogP contribution in [0.3, 0.4) is 0 Å². The van der Waals surface area contributed by atoms with Gasteiger partial charge in [-0.15, -0.1) is 0 Å². The lowest BCUT2D eigenvalue weighted by atomic mass is 9.90. The number of rotatable bonds is 4. The number of morpholine rings is 1. The summed E-state index contributed by atoms with van der Waals surface area (Å²) in [5, 5.41) is 0. The molecule has 144 valence electrons. The van der Waals surface area contributed by atoms with E-state index in [9.17, 15) is 4.79 Å². The molecule has 2 aliphatic heterocycles. The van der Waals surface area contributed by atoms with Crippen molar-refractivity contribution < 1.29 is 9.53 Å². The Morgan fingerprint density at radius 2 is 1.73 bits per heavy atom. The minimum atomic E-state index is 0.147. The number of hydrogen-bond acceptors (Lipinski definition) is 4. The molecule has 0 saturated carbocycles. The predicted octanol–water partition coefficient (Wildman–Crippen LogP) is 2.50. The lowest BCUT2D eigenvalue weighted by Crippen LogP contribution is -2.44. The molecule has 0 radical (unpaired) electrons. The lowest BCUT2D eigenvalue weighted by molar-refractivity contribution is -0.0704. The summed E-state index contributed by atoms with van der Waals surface area (Å²) in [5.41, 5.74) is 8.03. The third-order valence-corrected chi connectivity index (χ3v) is 5.67. The van der Waals surface area contributed by atoms with Crippen LogP contribution in [0.5, 0.6) is 0 Å². The van der Waals surface area contributed by atoms with Crippen molar-refractivity contribution in [2.45, 2.75) is 58.4 Å². The Labute approximate surface area is 157 Å². The SMILES string of the molecule is CC1CN(Cc2ccc(C(=O)N3CCC(C(C)N)CC3)cc2)CC(C)O1. The zero-order valence-corrected chi connectivity index (χ0v) is 16.4. The number of likely N-dealkylation sites (tertiary alicyclic amines) is 1. The number of ether oxygens (including phenoxy) is 1. The smallest absolute Gasteiger partial charge is 0.253 e. The molecule has 2 N–H and O–H groups in total. The average molecular weight is 360 g/mol. The normalized spacial score (nSPS) is 26.7. The van der Waals surface area contributed by atoms with Gasteiger partial charge in [-0.3, -0.25) is 9.69 Å². The molecule has 2 aliphatic rings. The summed E-state index contributed by atoms with van der Waals surface area (Å²) in [6.45, 7) is 10.8. The molecular weight excluding hydrogens is 326 g/mol. The van der Waals surface area contributed by atoms with Gasteiger partial charge in [-0.25, -0.2) is 0 Å². The Morgan fingerprint density at radius 3 is 2.27 bits per heavy atom. The van der Waals surface area contributed by atoms with Crippen molar-refractivity contribution in [1.29, 1.82) is 0 Å². The highest BCUT2D eigenvalue weighted by Gasteiger charge is 2.26. The van der Waals surface area contributed by atoms with Crippen LogP contribution in [0, 0.1) is 5.92 Å². The molecule has 3 unspecified atom stereocenters.